The van der Waals surface area contributed by atoms with Crippen LogP contribution < -0.4 is 10.5 Å². The van der Waals surface area contributed by atoms with Gasteiger partial charge in [0.2, 0.25) is 0 Å². The Morgan fingerprint density at radius 3 is 2.37 bits per heavy atom. The van der Waals surface area contributed by atoms with Crippen LogP contribution in [0.2, 0.25) is 0 Å². The quantitative estimate of drug-likeness (QED) is 0.914. The lowest BCUT2D eigenvalue weighted by atomic mass is 9.96. The number of ether oxygens (including phenoxy) is 1. The van der Waals surface area contributed by atoms with Crippen LogP contribution in [0.3, 0.4) is 0 Å². The molecule has 2 N–H and O–H groups in total. The van der Waals surface area contributed by atoms with Crippen LogP contribution in [0.15, 0.2) is 30.3 Å². The molecule has 0 unspecified atom stereocenters. The first kappa shape index (κ1) is 13.6. The van der Waals surface area contributed by atoms with E-state index in [2.05, 4.69) is 0 Å². The first-order chi connectivity index (χ1) is 9.06. The lowest BCUT2D eigenvalue weighted by molar-refractivity contribution is 0.411. The van der Waals surface area contributed by atoms with Crippen LogP contribution in [0, 0.1) is 19.7 Å². The van der Waals surface area contributed by atoms with E-state index in [0.717, 1.165) is 28.0 Å². The van der Waals surface area contributed by atoms with Gasteiger partial charge in [0.1, 0.15) is 11.6 Å². The van der Waals surface area contributed by atoms with Crippen molar-refractivity contribution in [3.8, 4) is 16.9 Å². The summed E-state index contributed by atoms with van der Waals surface area (Å²) in [5, 5.41) is 0. The van der Waals surface area contributed by atoms with Crippen molar-refractivity contribution in [2.45, 2.75) is 20.4 Å². The number of aryl methyl sites for hydroxylation is 2. The van der Waals surface area contributed by atoms with Crippen LogP contribution in [-0.4, -0.2) is 7.11 Å². The maximum absolute atomic E-state index is 14.1. The number of hydrogen-bond donors (Lipinski definition) is 1. The Morgan fingerprint density at radius 2 is 1.79 bits per heavy atom. The molecule has 2 rings (SSSR count). The van der Waals surface area contributed by atoms with Crippen LogP contribution in [0.1, 0.15) is 16.7 Å². The van der Waals surface area contributed by atoms with Gasteiger partial charge in [-0.3, -0.25) is 0 Å². The molecule has 2 aromatic carbocycles. The van der Waals surface area contributed by atoms with Crippen molar-refractivity contribution < 1.29 is 9.13 Å². The SMILES string of the molecule is COc1cc(C)c(-c2ccc(CN)cc2F)cc1C. The minimum absolute atomic E-state index is 0.240. The molecule has 0 aliphatic carbocycles. The molecule has 0 saturated carbocycles. The van der Waals surface area contributed by atoms with Gasteiger partial charge in [-0.2, -0.15) is 0 Å². The van der Waals surface area contributed by atoms with E-state index in [-0.39, 0.29) is 5.82 Å². The van der Waals surface area contributed by atoms with Gasteiger partial charge in [-0.25, -0.2) is 4.39 Å². The number of hydrogen-bond acceptors (Lipinski definition) is 2. The molecule has 0 aliphatic heterocycles. The zero-order valence-corrected chi connectivity index (χ0v) is 11.5. The Bertz CT molecular complexity index is 608. The van der Waals surface area contributed by atoms with Gasteiger partial charge < -0.3 is 10.5 Å². The summed E-state index contributed by atoms with van der Waals surface area (Å²) in [7, 11) is 1.64. The summed E-state index contributed by atoms with van der Waals surface area (Å²) in [4.78, 5) is 0. The largest absolute Gasteiger partial charge is 0.496 e. The highest BCUT2D eigenvalue weighted by Gasteiger charge is 2.11. The lowest BCUT2D eigenvalue weighted by Crippen LogP contribution is -1.98. The maximum atomic E-state index is 14.1. The molecule has 19 heavy (non-hydrogen) atoms. The summed E-state index contributed by atoms with van der Waals surface area (Å²) in [6.07, 6.45) is 0. The second-order valence-electron chi connectivity index (χ2n) is 4.66. The average Bonchev–Trinajstić information content (AvgIpc) is 2.41. The Morgan fingerprint density at radius 1 is 1.05 bits per heavy atom. The second kappa shape index (κ2) is 5.41. The van der Waals surface area contributed by atoms with Crippen LogP contribution in [0.5, 0.6) is 5.75 Å². The predicted molar refractivity (Wildman–Crippen MR) is 75.8 cm³/mol. The summed E-state index contributed by atoms with van der Waals surface area (Å²) < 4.78 is 19.4. The van der Waals surface area contributed by atoms with Crippen molar-refractivity contribution in [2.24, 2.45) is 5.73 Å². The zero-order chi connectivity index (χ0) is 14.0. The molecule has 0 atom stereocenters. The van der Waals surface area contributed by atoms with E-state index in [4.69, 9.17) is 10.5 Å². The molecule has 0 bridgehead atoms. The predicted octanol–water partition coefficient (Wildman–Crippen LogP) is 3.58. The van der Waals surface area contributed by atoms with Crippen molar-refractivity contribution in [1.82, 2.24) is 0 Å². The average molecular weight is 259 g/mol. The molecule has 0 saturated heterocycles. The molecule has 3 heteroatoms. The van der Waals surface area contributed by atoms with Gasteiger partial charge in [0.25, 0.3) is 0 Å². The fourth-order valence-corrected chi connectivity index (χ4v) is 2.20. The van der Waals surface area contributed by atoms with E-state index in [1.54, 1.807) is 13.2 Å². The van der Waals surface area contributed by atoms with Crippen molar-refractivity contribution in [1.29, 1.82) is 0 Å². The Balaban J connectivity index is 2.56. The summed E-state index contributed by atoms with van der Waals surface area (Å²) in [6.45, 7) is 4.25. The number of nitrogens with two attached hydrogens (primary N) is 1. The fourth-order valence-electron chi connectivity index (χ4n) is 2.20. The van der Waals surface area contributed by atoms with E-state index in [9.17, 15) is 4.39 Å². The van der Waals surface area contributed by atoms with E-state index in [0.29, 0.717) is 12.1 Å². The monoisotopic (exact) mass is 259 g/mol. The standard InChI is InChI=1S/C16H18FNO/c1-10-7-16(19-3)11(2)6-14(10)13-5-4-12(9-18)8-15(13)17/h4-8H,9,18H2,1-3H3. The molecule has 0 heterocycles. The smallest absolute Gasteiger partial charge is 0.131 e. The summed E-state index contributed by atoms with van der Waals surface area (Å²) in [5.74, 6) is 0.579. The van der Waals surface area contributed by atoms with Crippen LogP contribution >= 0.6 is 0 Å². The third-order valence-electron chi connectivity index (χ3n) is 3.30. The molecule has 0 aromatic heterocycles. The molecule has 0 radical (unpaired) electrons. The van der Waals surface area contributed by atoms with Crippen LogP contribution in [0.4, 0.5) is 4.39 Å². The maximum Gasteiger partial charge on any atom is 0.131 e. The van der Waals surface area contributed by atoms with E-state index in [1.165, 1.54) is 6.07 Å². The highest BCUT2D eigenvalue weighted by molar-refractivity contribution is 5.70. The second-order valence-corrected chi connectivity index (χ2v) is 4.66. The van der Waals surface area contributed by atoms with Crippen molar-refractivity contribution in [3.63, 3.8) is 0 Å². The van der Waals surface area contributed by atoms with Crippen molar-refractivity contribution in [3.05, 3.63) is 52.8 Å². The van der Waals surface area contributed by atoms with Gasteiger partial charge in [-0.05, 0) is 54.3 Å². The molecule has 0 fully saturated rings. The van der Waals surface area contributed by atoms with E-state index >= 15 is 0 Å². The third kappa shape index (κ3) is 2.61. The van der Waals surface area contributed by atoms with Crippen molar-refractivity contribution >= 4 is 0 Å². The Kier molecular flexibility index (Phi) is 3.86. The normalized spacial score (nSPS) is 10.6. The van der Waals surface area contributed by atoms with Gasteiger partial charge in [-0.15, -0.1) is 0 Å². The highest BCUT2D eigenvalue weighted by atomic mass is 19.1. The number of methoxy groups -OCH3 is 1. The Labute approximate surface area is 113 Å². The number of benzene rings is 2. The molecular formula is C16H18FNO. The minimum Gasteiger partial charge on any atom is -0.496 e. The van der Waals surface area contributed by atoms with Gasteiger partial charge >= 0.3 is 0 Å². The van der Waals surface area contributed by atoms with Gasteiger partial charge in [0, 0.05) is 12.1 Å². The van der Waals surface area contributed by atoms with Gasteiger partial charge in [0.15, 0.2) is 0 Å². The summed E-state index contributed by atoms with van der Waals surface area (Å²) in [5.41, 5.74) is 9.78. The number of halogens is 1. The molecule has 2 nitrogen and oxygen atoms in total. The summed E-state index contributed by atoms with van der Waals surface area (Å²) >= 11 is 0. The number of rotatable bonds is 3. The molecule has 0 spiro atoms. The van der Waals surface area contributed by atoms with Gasteiger partial charge in [-0.1, -0.05) is 12.1 Å². The first-order valence-electron chi connectivity index (χ1n) is 6.21. The van der Waals surface area contributed by atoms with Crippen LogP contribution in [0.25, 0.3) is 11.1 Å². The lowest BCUT2D eigenvalue weighted by Gasteiger charge is -2.12. The van der Waals surface area contributed by atoms with E-state index < -0.39 is 0 Å². The topological polar surface area (TPSA) is 35.2 Å². The third-order valence-corrected chi connectivity index (χ3v) is 3.30. The molecule has 100 valence electrons. The Hall–Kier alpha value is -1.87. The minimum atomic E-state index is -0.240. The molecule has 0 amide bonds. The highest BCUT2D eigenvalue weighted by Crippen LogP contribution is 2.31. The van der Waals surface area contributed by atoms with E-state index in [1.807, 2.05) is 32.0 Å². The van der Waals surface area contributed by atoms with Crippen LogP contribution in [-0.2, 0) is 6.54 Å². The molecule has 2 aromatic rings. The zero-order valence-electron chi connectivity index (χ0n) is 11.5. The molecule has 0 aliphatic rings. The van der Waals surface area contributed by atoms with Gasteiger partial charge in [0.05, 0.1) is 7.11 Å². The first-order valence-corrected chi connectivity index (χ1v) is 6.21. The summed E-state index contributed by atoms with van der Waals surface area (Å²) in [6, 6.07) is 9.02. The fraction of sp³-hybridized carbons (Fsp3) is 0.250. The molecular weight excluding hydrogens is 241 g/mol. The van der Waals surface area contributed by atoms with Crippen molar-refractivity contribution in [2.75, 3.05) is 7.11 Å².